The summed E-state index contributed by atoms with van der Waals surface area (Å²) in [6.07, 6.45) is -0.202. The number of benzene rings is 1. The van der Waals surface area contributed by atoms with Crippen LogP contribution in [0.25, 0.3) is 0 Å². The van der Waals surface area contributed by atoms with Crippen molar-refractivity contribution < 1.29 is 28.7 Å². The van der Waals surface area contributed by atoms with E-state index in [1.54, 1.807) is 38.1 Å². The van der Waals surface area contributed by atoms with E-state index in [-0.39, 0.29) is 5.78 Å². The summed E-state index contributed by atoms with van der Waals surface area (Å²) in [6, 6.07) is 5.87. The van der Waals surface area contributed by atoms with Gasteiger partial charge in [0.1, 0.15) is 17.8 Å². The fraction of sp³-hybridized carbons (Fsp3) is 0.500. The number of esters is 1. The molecule has 1 N–H and O–H groups in total. The van der Waals surface area contributed by atoms with Gasteiger partial charge in [0.25, 0.3) is 5.91 Å². The van der Waals surface area contributed by atoms with E-state index < -0.39 is 36.1 Å². The van der Waals surface area contributed by atoms with Crippen molar-refractivity contribution in [1.82, 2.24) is 10.2 Å². The molecule has 28 heavy (non-hydrogen) atoms. The largest absolute Gasteiger partial charge is 0.494 e. The Hall–Kier alpha value is -2.90. The fourth-order valence-corrected chi connectivity index (χ4v) is 3.08. The molecule has 1 atom stereocenters. The lowest BCUT2D eigenvalue weighted by molar-refractivity contribution is -0.150. The van der Waals surface area contributed by atoms with Crippen LogP contribution in [-0.2, 0) is 14.3 Å². The minimum atomic E-state index is -1.05. The van der Waals surface area contributed by atoms with E-state index in [0.29, 0.717) is 30.8 Å². The summed E-state index contributed by atoms with van der Waals surface area (Å²) in [4.78, 5) is 50.1. The molecular weight excluding hydrogens is 364 g/mol. The van der Waals surface area contributed by atoms with Gasteiger partial charge in [0, 0.05) is 5.56 Å². The number of amides is 3. The van der Waals surface area contributed by atoms with E-state index >= 15 is 0 Å². The molecule has 8 nitrogen and oxygen atoms in total. The number of carbonyl (C=O) groups is 4. The normalized spacial score (nSPS) is 16.5. The highest BCUT2D eigenvalue weighted by Crippen LogP contribution is 2.24. The number of urea groups is 1. The van der Waals surface area contributed by atoms with Gasteiger partial charge in [0.15, 0.2) is 6.10 Å². The molecule has 0 bridgehead atoms. The summed E-state index contributed by atoms with van der Waals surface area (Å²) in [5.74, 6) is -1.02. The van der Waals surface area contributed by atoms with Crippen molar-refractivity contribution in [3.8, 4) is 5.75 Å². The summed E-state index contributed by atoms with van der Waals surface area (Å²) in [5, 5.41) is 2.64. The van der Waals surface area contributed by atoms with Gasteiger partial charge in [-0.25, -0.2) is 4.79 Å². The predicted molar refractivity (Wildman–Crippen MR) is 101 cm³/mol. The lowest BCUT2D eigenvalue weighted by Gasteiger charge is -2.23. The number of carbonyl (C=O) groups excluding carboxylic acids is 4. The zero-order valence-electron chi connectivity index (χ0n) is 16.6. The number of ketones is 1. The molecule has 1 aromatic carbocycles. The van der Waals surface area contributed by atoms with Crippen LogP contribution < -0.4 is 10.1 Å². The van der Waals surface area contributed by atoms with Crippen LogP contribution >= 0.6 is 0 Å². The minimum Gasteiger partial charge on any atom is -0.494 e. The quantitative estimate of drug-likeness (QED) is 0.394. The first kappa shape index (κ1) is 21.4. The molecule has 1 aliphatic rings. The van der Waals surface area contributed by atoms with Crippen LogP contribution in [0.2, 0.25) is 0 Å². The van der Waals surface area contributed by atoms with Gasteiger partial charge in [-0.15, -0.1) is 0 Å². The van der Waals surface area contributed by atoms with Gasteiger partial charge in [0.2, 0.25) is 5.78 Å². The summed E-state index contributed by atoms with van der Waals surface area (Å²) in [6.45, 7) is 6.87. The molecule has 8 heteroatoms. The van der Waals surface area contributed by atoms with E-state index in [1.165, 1.54) is 6.92 Å². The third-order valence-corrected chi connectivity index (χ3v) is 4.87. The fourth-order valence-electron chi connectivity index (χ4n) is 3.08. The van der Waals surface area contributed by atoms with Gasteiger partial charge in [-0.2, -0.15) is 0 Å². The number of nitrogens with one attached hydrogen (secondary N) is 1. The van der Waals surface area contributed by atoms with Crippen molar-refractivity contribution in [1.29, 1.82) is 0 Å². The Labute approximate surface area is 164 Å². The second-order valence-corrected chi connectivity index (χ2v) is 6.56. The Morgan fingerprint density at radius 1 is 1.11 bits per heavy atom. The standard InChI is InChI=1S/C20H26N2O6/c1-5-20(6-2)18(25)22(19(26)21-20)12-16(23)28-13(4)17(24)14-8-10-15(11-9-14)27-7-3/h8-11,13H,5-7,12H2,1-4H3,(H,21,26)/t13-/m1/s1. The van der Waals surface area contributed by atoms with Gasteiger partial charge < -0.3 is 14.8 Å². The third kappa shape index (κ3) is 4.32. The SMILES string of the molecule is CCOc1ccc(C(=O)[C@@H](C)OC(=O)CN2C(=O)NC(CC)(CC)C2=O)cc1. The summed E-state index contributed by atoms with van der Waals surface area (Å²) in [7, 11) is 0. The summed E-state index contributed by atoms with van der Waals surface area (Å²) in [5.41, 5.74) is -0.615. The first-order valence-electron chi connectivity index (χ1n) is 9.38. The Balaban J connectivity index is 1.97. The number of hydrogen-bond donors (Lipinski definition) is 1. The summed E-state index contributed by atoms with van der Waals surface area (Å²) >= 11 is 0. The van der Waals surface area contributed by atoms with E-state index in [1.807, 2.05) is 6.92 Å². The third-order valence-electron chi connectivity index (χ3n) is 4.87. The van der Waals surface area contributed by atoms with Gasteiger partial charge in [0.05, 0.1) is 6.61 Å². The van der Waals surface area contributed by atoms with Crippen molar-refractivity contribution in [2.45, 2.75) is 52.2 Å². The maximum atomic E-state index is 12.5. The van der Waals surface area contributed by atoms with Crippen molar-refractivity contribution in [3.63, 3.8) is 0 Å². The average molecular weight is 390 g/mol. The molecule has 0 saturated carbocycles. The highest BCUT2D eigenvalue weighted by Gasteiger charge is 2.49. The van der Waals surface area contributed by atoms with Crippen LogP contribution in [0.5, 0.6) is 5.75 Å². The van der Waals surface area contributed by atoms with E-state index in [4.69, 9.17) is 9.47 Å². The van der Waals surface area contributed by atoms with Crippen molar-refractivity contribution in [2.24, 2.45) is 0 Å². The number of imide groups is 1. The molecule has 0 unspecified atom stereocenters. The van der Waals surface area contributed by atoms with Crippen LogP contribution in [0.1, 0.15) is 50.9 Å². The molecule has 0 aromatic heterocycles. The number of rotatable bonds is 9. The Morgan fingerprint density at radius 3 is 2.21 bits per heavy atom. The maximum Gasteiger partial charge on any atom is 0.326 e. The molecule has 1 saturated heterocycles. The summed E-state index contributed by atoms with van der Waals surface area (Å²) < 4.78 is 10.5. The van der Waals surface area contributed by atoms with Gasteiger partial charge in [-0.3, -0.25) is 19.3 Å². The molecule has 3 amide bonds. The predicted octanol–water partition coefficient (Wildman–Crippen LogP) is 2.31. The Morgan fingerprint density at radius 2 is 1.71 bits per heavy atom. The number of Topliss-reactive ketones (excluding diaryl/α,β-unsaturated/α-hetero) is 1. The molecule has 0 spiro atoms. The Kier molecular flexibility index (Phi) is 6.77. The second kappa shape index (κ2) is 8.86. The van der Waals surface area contributed by atoms with Crippen LogP contribution in [0.3, 0.4) is 0 Å². The molecule has 1 fully saturated rings. The lowest BCUT2D eigenvalue weighted by atomic mass is 9.93. The molecular formula is C20H26N2O6. The van der Waals surface area contributed by atoms with E-state index in [2.05, 4.69) is 5.32 Å². The molecule has 0 radical (unpaired) electrons. The first-order valence-corrected chi connectivity index (χ1v) is 9.38. The smallest absolute Gasteiger partial charge is 0.326 e. The maximum absolute atomic E-state index is 12.5. The van der Waals surface area contributed by atoms with Gasteiger partial charge in [-0.1, -0.05) is 13.8 Å². The van der Waals surface area contributed by atoms with Crippen LogP contribution in [0.15, 0.2) is 24.3 Å². The highest BCUT2D eigenvalue weighted by molar-refractivity contribution is 6.08. The Bertz CT molecular complexity index is 754. The van der Waals surface area contributed by atoms with Gasteiger partial charge >= 0.3 is 12.0 Å². The topological polar surface area (TPSA) is 102 Å². The van der Waals surface area contributed by atoms with Gasteiger partial charge in [-0.05, 0) is 51.0 Å². The van der Waals surface area contributed by atoms with Crippen molar-refractivity contribution in [3.05, 3.63) is 29.8 Å². The molecule has 0 aliphatic carbocycles. The first-order chi connectivity index (χ1) is 13.3. The van der Waals surface area contributed by atoms with Crippen molar-refractivity contribution in [2.75, 3.05) is 13.2 Å². The number of nitrogens with zero attached hydrogens (tertiary/aromatic N) is 1. The van der Waals surface area contributed by atoms with Crippen LogP contribution in [0.4, 0.5) is 4.79 Å². The molecule has 1 aromatic rings. The molecule has 1 aliphatic heterocycles. The van der Waals surface area contributed by atoms with Crippen molar-refractivity contribution >= 4 is 23.7 Å². The second-order valence-electron chi connectivity index (χ2n) is 6.56. The number of hydrogen-bond acceptors (Lipinski definition) is 6. The van der Waals surface area contributed by atoms with Crippen LogP contribution in [-0.4, -0.2) is 53.4 Å². The highest BCUT2D eigenvalue weighted by atomic mass is 16.5. The lowest BCUT2D eigenvalue weighted by Crippen LogP contribution is -2.46. The number of ether oxygens (including phenoxy) is 2. The molecule has 152 valence electrons. The minimum absolute atomic E-state index is 0.370. The monoisotopic (exact) mass is 390 g/mol. The molecule has 1 heterocycles. The molecule has 2 rings (SSSR count). The van der Waals surface area contributed by atoms with E-state index in [0.717, 1.165) is 4.90 Å². The van der Waals surface area contributed by atoms with E-state index in [9.17, 15) is 19.2 Å². The zero-order valence-corrected chi connectivity index (χ0v) is 16.6. The average Bonchev–Trinajstić information content (AvgIpc) is 2.92. The van der Waals surface area contributed by atoms with Crippen LogP contribution in [0, 0.1) is 0 Å². The zero-order chi connectivity index (χ0) is 20.9.